The molecule has 0 saturated heterocycles. The molecule has 0 fully saturated rings. The molecule has 2 aromatic rings. The molecule has 0 saturated carbocycles. The molecule has 0 aliphatic carbocycles. The fraction of sp³-hybridized carbons (Fsp3) is 0.167. The summed E-state index contributed by atoms with van der Waals surface area (Å²) in [5, 5.41) is 0. The number of ketones is 1. The molecule has 0 unspecified atom stereocenters. The fourth-order valence-electron chi connectivity index (χ4n) is 2.36. The van der Waals surface area contributed by atoms with E-state index in [2.05, 4.69) is 0 Å². The smallest absolute Gasteiger partial charge is 0.200 e. The van der Waals surface area contributed by atoms with E-state index in [-0.39, 0.29) is 12.4 Å². The Kier molecular flexibility index (Phi) is 3.83. The van der Waals surface area contributed by atoms with Crippen LogP contribution in [0.15, 0.2) is 42.5 Å². The van der Waals surface area contributed by atoms with Gasteiger partial charge in [0.15, 0.2) is 6.61 Å². The van der Waals surface area contributed by atoms with E-state index in [1.807, 2.05) is 42.5 Å². The lowest BCUT2D eigenvalue weighted by Gasteiger charge is -2.07. The van der Waals surface area contributed by atoms with Crippen molar-refractivity contribution in [3.8, 4) is 17.2 Å². The van der Waals surface area contributed by atoms with E-state index < -0.39 is 0 Å². The van der Waals surface area contributed by atoms with E-state index in [1.54, 1.807) is 20.3 Å². The monoisotopic (exact) mass is 296 g/mol. The summed E-state index contributed by atoms with van der Waals surface area (Å²) in [6, 6.07) is 12.9. The third-order valence-corrected chi connectivity index (χ3v) is 3.58. The molecule has 1 aliphatic heterocycles. The van der Waals surface area contributed by atoms with Gasteiger partial charge in [0.05, 0.1) is 14.2 Å². The van der Waals surface area contributed by atoms with Crippen LogP contribution in [0.4, 0.5) is 0 Å². The van der Waals surface area contributed by atoms with Crippen LogP contribution < -0.4 is 14.2 Å². The van der Waals surface area contributed by atoms with Crippen molar-refractivity contribution in [2.75, 3.05) is 20.8 Å². The molecule has 0 aromatic heterocycles. The second-order valence-electron chi connectivity index (χ2n) is 4.90. The molecule has 4 nitrogen and oxygen atoms in total. The van der Waals surface area contributed by atoms with Gasteiger partial charge in [-0.1, -0.05) is 12.1 Å². The van der Waals surface area contributed by atoms with Gasteiger partial charge in [-0.25, -0.2) is 0 Å². The number of methoxy groups -OCH3 is 2. The molecule has 3 rings (SSSR count). The number of carbonyl (C=O) groups excluding carboxylic acids is 1. The van der Waals surface area contributed by atoms with Crippen LogP contribution in [0, 0.1) is 0 Å². The van der Waals surface area contributed by atoms with Gasteiger partial charge in [0.2, 0.25) is 5.78 Å². The molecule has 0 atom stereocenters. The maximum absolute atomic E-state index is 12.3. The number of rotatable bonds is 3. The van der Waals surface area contributed by atoms with E-state index in [9.17, 15) is 4.79 Å². The molecule has 0 N–H and O–H groups in total. The highest BCUT2D eigenvalue weighted by molar-refractivity contribution is 6.26. The molecule has 112 valence electrons. The van der Waals surface area contributed by atoms with Crippen LogP contribution in [0.5, 0.6) is 17.2 Å². The first kappa shape index (κ1) is 14.2. The number of Topliss-reactive ketones (excluding diaryl/α,β-unsaturated/α-hetero) is 1. The summed E-state index contributed by atoms with van der Waals surface area (Å²) in [5.41, 5.74) is 2.34. The lowest BCUT2D eigenvalue weighted by Crippen LogP contribution is -2.11. The van der Waals surface area contributed by atoms with Crippen molar-refractivity contribution in [2.45, 2.75) is 0 Å². The molecular weight excluding hydrogens is 280 g/mol. The third-order valence-electron chi connectivity index (χ3n) is 3.58. The van der Waals surface area contributed by atoms with E-state index in [1.165, 1.54) is 0 Å². The van der Waals surface area contributed by atoms with E-state index in [0.717, 1.165) is 16.9 Å². The van der Waals surface area contributed by atoms with Gasteiger partial charge in [-0.2, -0.15) is 0 Å². The highest BCUT2D eigenvalue weighted by Crippen LogP contribution is 2.32. The topological polar surface area (TPSA) is 44.8 Å². The van der Waals surface area contributed by atoms with Gasteiger partial charge in [0.25, 0.3) is 0 Å². The second-order valence-corrected chi connectivity index (χ2v) is 4.90. The second kappa shape index (κ2) is 5.93. The Morgan fingerprint density at radius 3 is 2.32 bits per heavy atom. The minimum absolute atomic E-state index is 0.0119. The predicted octanol–water partition coefficient (Wildman–Crippen LogP) is 3.21. The lowest BCUT2D eigenvalue weighted by molar-refractivity contribution is -0.115. The zero-order valence-corrected chi connectivity index (χ0v) is 12.5. The first-order chi connectivity index (χ1) is 10.7. The van der Waals surface area contributed by atoms with Crippen LogP contribution in [0.1, 0.15) is 11.1 Å². The largest absolute Gasteiger partial charge is 0.497 e. The van der Waals surface area contributed by atoms with Gasteiger partial charge >= 0.3 is 0 Å². The molecule has 0 bridgehead atoms. The molecule has 1 aliphatic rings. The summed E-state index contributed by atoms with van der Waals surface area (Å²) in [6.07, 6.45) is 1.85. The molecule has 0 spiro atoms. The van der Waals surface area contributed by atoms with Gasteiger partial charge in [0.1, 0.15) is 17.2 Å². The van der Waals surface area contributed by atoms with Crippen molar-refractivity contribution in [1.29, 1.82) is 0 Å². The van der Waals surface area contributed by atoms with Crippen LogP contribution >= 0.6 is 0 Å². The van der Waals surface area contributed by atoms with Crippen molar-refractivity contribution < 1.29 is 19.0 Å². The van der Waals surface area contributed by atoms with Gasteiger partial charge in [-0.05, 0) is 35.9 Å². The summed E-state index contributed by atoms with van der Waals surface area (Å²) >= 11 is 0. The average Bonchev–Trinajstić information content (AvgIpc) is 2.74. The summed E-state index contributed by atoms with van der Waals surface area (Å²) in [5.74, 6) is 2.05. The van der Waals surface area contributed by atoms with Crippen molar-refractivity contribution in [2.24, 2.45) is 0 Å². The molecular formula is C18H16O4. The van der Waals surface area contributed by atoms with Crippen molar-refractivity contribution in [3.05, 3.63) is 53.6 Å². The maximum Gasteiger partial charge on any atom is 0.200 e. The van der Waals surface area contributed by atoms with Crippen molar-refractivity contribution in [1.82, 2.24) is 0 Å². The fourth-order valence-corrected chi connectivity index (χ4v) is 2.36. The molecule has 22 heavy (non-hydrogen) atoms. The Labute approximate surface area is 128 Å². The minimum Gasteiger partial charge on any atom is -0.497 e. The molecule has 2 aromatic carbocycles. The van der Waals surface area contributed by atoms with Crippen molar-refractivity contribution >= 4 is 17.4 Å². The average molecular weight is 296 g/mol. The molecule has 1 heterocycles. The number of benzene rings is 2. The van der Waals surface area contributed by atoms with Gasteiger partial charge in [-0.15, -0.1) is 0 Å². The van der Waals surface area contributed by atoms with Gasteiger partial charge < -0.3 is 14.2 Å². The van der Waals surface area contributed by atoms with Crippen LogP contribution in [-0.2, 0) is 4.79 Å². The summed E-state index contributed by atoms with van der Waals surface area (Å²) in [7, 11) is 3.21. The normalized spacial score (nSPS) is 13.5. The number of ether oxygens (including phenoxy) is 3. The van der Waals surface area contributed by atoms with Crippen LogP contribution in [-0.4, -0.2) is 26.6 Å². The number of hydrogen-bond acceptors (Lipinski definition) is 4. The highest BCUT2D eigenvalue weighted by Gasteiger charge is 2.19. The molecule has 0 amide bonds. The van der Waals surface area contributed by atoms with Crippen LogP contribution in [0.25, 0.3) is 11.6 Å². The quantitative estimate of drug-likeness (QED) is 0.872. The highest BCUT2D eigenvalue weighted by atomic mass is 16.5. The van der Waals surface area contributed by atoms with Crippen LogP contribution in [0.2, 0.25) is 0 Å². The van der Waals surface area contributed by atoms with E-state index in [0.29, 0.717) is 17.1 Å². The minimum atomic E-state index is -0.0552. The predicted molar refractivity (Wildman–Crippen MR) is 84.4 cm³/mol. The zero-order chi connectivity index (χ0) is 15.5. The zero-order valence-electron chi connectivity index (χ0n) is 12.5. The third kappa shape index (κ3) is 2.68. The SMILES string of the molecule is COc1ccc(C2=Cc3ccc(OC)cc3OCC2=O)cc1. The van der Waals surface area contributed by atoms with E-state index >= 15 is 0 Å². The van der Waals surface area contributed by atoms with Crippen molar-refractivity contribution in [3.63, 3.8) is 0 Å². The Morgan fingerprint density at radius 2 is 1.64 bits per heavy atom. The Morgan fingerprint density at radius 1 is 0.955 bits per heavy atom. The van der Waals surface area contributed by atoms with Gasteiger partial charge in [-0.3, -0.25) is 4.79 Å². The summed E-state index contributed by atoms with van der Waals surface area (Å²) in [4.78, 5) is 12.3. The molecule has 0 radical (unpaired) electrons. The standard InChI is InChI=1S/C18H16O4/c1-20-14-6-3-12(4-7-14)16-9-13-5-8-15(21-2)10-18(13)22-11-17(16)19/h3-10H,11H2,1-2H3. The Hall–Kier alpha value is -2.75. The van der Waals surface area contributed by atoms with Gasteiger partial charge in [0, 0.05) is 17.2 Å². The van der Waals surface area contributed by atoms with E-state index in [4.69, 9.17) is 14.2 Å². The summed E-state index contributed by atoms with van der Waals surface area (Å²) < 4.78 is 15.9. The lowest BCUT2D eigenvalue weighted by atomic mass is 9.99. The maximum atomic E-state index is 12.3. The summed E-state index contributed by atoms with van der Waals surface area (Å²) in [6.45, 7) is 0.0119. The first-order valence-electron chi connectivity index (χ1n) is 6.91. The number of fused-ring (bicyclic) bond motifs is 1. The number of carbonyl (C=O) groups is 1. The molecule has 4 heteroatoms. The van der Waals surface area contributed by atoms with Crippen LogP contribution in [0.3, 0.4) is 0 Å². The first-order valence-corrected chi connectivity index (χ1v) is 6.91. The Balaban J connectivity index is 2.03. The Bertz CT molecular complexity index is 729. The number of hydrogen-bond donors (Lipinski definition) is 0.